The first-order valence-corrected chi connectivity index (χ1v) is 13.8. The number of para-hydroxylation sites is 1. The Morgan fingerprint density at radius 1 is 1.13 bits per heavy atom. The highest BCUT2D eigenvalue weighted by Gasteiger charge is 2.76. The van der Waals surface area contributed by atoms with E-state index in [1.54, 1.807) is 23.1 Å². The van der Waals surface area contributed by atoms with E-state index in [9.17, 15) is 19.5 Å². The highest BCUT2D eigenvalue weighted by molar-refractivity contribution is 6.34. The molecule has 2 saturated heterocycles. The number of aliphatic hydroxyl groups excluding tert-OH is 1. The van der Waals surface area contributed by atoms with Crippen LogP contribution in [-0.4, -0.2) is 70.8 Å². The zero-order valence-electron chi connectivity index (χ0n) is 22.2. The van der Waals surface area contributed by atoms with Gasteiger partial charge in [-0.15, -0.1) is 0 Å². The molecule has 38 heavy (non-hydrogen) atoms. The van der Waals surface area contributed by atoms with Gasteiger partial charge in [0.05, 0.1) is 29.3 Å². The standard InChI is InChI=1S/C29H35ClN2O6/c1-5-17(3)20(16-33)32-24-26(35)31(23-18(4)10-7-11-19(23)30)14-8-13-29(24)21(25(32)34)22-27(36)37-15-9-12-28(22,6-2)38-29/h7-13,17,20-22,24,33H,5-6,14-16H2,1-4H3/t17-,20-,21-,22-,24?,28+,29-/m0/s1. The molecule has 1 aromatic carbocycles. The summed E-state index contributed by atoms with van der Waals surface area (Å²) in [7, 11) is 0. The topological polar surface area (TPSA) is 96.4 Å². The van der Waals surface area contributed by atoms with E-state index < -0.39 is 41.1 Å². The number of halogens is 1. The number of hydrogen-bond acceptors (Lipinski definition) is 6. The number of anilines is 1. The second kappa shape index (κ2) is 9.81. The van der Waals surface area contributed by atoms with Crippen molar-refractivity contribution in [1.29, 1.82) is 0 Å². The second-order valence-corrected chi connectivity index (χ2v) is 11.2. The van der Waals surface area contributed by atoms with Crippen LogP contribution in [0.2, 0.25) is 5.02 Å². The first-order chi connectivity index (χ1) is 18.2. The average molecular weight is 543 g/mol. The van der Waals surface area contributed by atoms with E-state index in [2.05, 4.69) is 0 Å². The lowest BCUT2D eigenvalue weighted by molar-refractivity contribution is -0.159. The molecule has 0 radical (unpaired) electrons. The monoisotopic (exact) mass is 542 g/mol. The predicted molar refractivity (Wildman–Crippen MR) is 143 cm³/mol. The molecule has 1 N–H and O–H groups in total. The van der Waals surface area contributed by atoms with E-state index in [-0.39, 0.29) is 37.5 Å². The van der Waals surface area contributed by atoms with Gasteiger partial charge in [-0.05, 0) is 37.0 Å². The molecule has 8 nitrogen and oxygen atoms in total. The van der Waals surface area contributed by atoms with Crippen molar-refractivity contribution in [2.24, 2.45) is 17.8 Å². The summed E-state index contributed by atoms with van der Waals surface area (Å²) in [4.78, 5) is 45.6. The molecule has 1 spiro atoms. The van der Waals surface area contributed by atoms with Crippen LogP contribution in [0.25, 0.3) is 0 Å². The van der Waals surface area contributed by atoms with E-state index in [1.807, 2.05) is 52.0 Å². The van der Waals surface area contributed by atoms with Crippen molar-refractivity contribution in [2.75, 3.05) is 24.7 Å². The summed E-state index contributed by atoms with van der Waals surface area (Å²) < 4.78 is 12.4. The van der Waals surface area contributed by atoms with Crippen LogP contribution in [-0.2, 0) is 23.9 Å². The van der Waals surface area contributed by atoms with Gasteiger partial charge >= 0.3 is 5.97 Å². The maximum Gasteiger partial charge on any atom is 0.313 e. The quantitative estimate of drug-likeness (QED) is 0.437. The van der Waals surface area contributed by atoms with E-state index >= 15 is 0 Å². The van der Waals surface area contributed by atoms with Crippen LogP contribution in [0.5, 0.6) is 0 Å². The average Bonchev–Trinajstić information content (AvgIpc) is 3.17. The van der Waals surface area contributed by atoms with Crippen LogP contribution in [0.3, 0.4) is 0 Å². The van der Waals surface area contributed by atoms with Crippen molar-refractivity contribution in [3.63, 3.8) is 0 Å². The Bertz CT molecular complexity index is 1200. The van der Waals surface area contributed by atoms with Gasteiger partial charge in [0.15, 0.2) is 0 Å². The fourth-order valence-corrected chi connectivity index (χ4v) is 7.20. The molecule has 5 rings (SSSR count). The van der Waals surface area contributed by atoms with Gasteiger partial charge in [-0.1, -0.05) is 69.2 Å². The number of nitrogens with zero attached hydrogens (tertiary/aromatic N) is 2. The number of likely N-dealkylation sites (tertiary alicyclic amines) is 1. The Morgan fingerprint density at radius 3 is 2.55 bits per heavy atom. The number of cyclic esters (lactones) is 1. The Morgan fingerprint density at radius 2 is 1.89 bits per heavy atom. The SMILES string of the molecule is CC[C@H](C)[C@H](CO)N1C(=O)[C@@H]2[C@H]3C(=O)OCC=C[C@@]3(CC)O[C@@]23C=CCN(c2c(C)cccc2Cl)C(=O)C13. The molecule has 7 atom stereocenters. The van der Waals surface area contributed by atoms with Crippen molar-refractivity contribution in [2.45, 2.75) is 63.8 Å². The van der Waals surface area contributed by atoms with E-state index in [1.165, 1.54) is 4.90 Å². The molecule has 204 valence electrons. The third kappa shape index (κ3) is 3.67. The molecule has 4 aliphatic heterocycles. The highest BCUT2D eigenvalue weighted by Crippen LogP contribution is 2.59. The summed E-state index contributed by atoms with van der Waals surface area (Å²) in [5.41, 5.74) is -1.13. The van der Waals surface area contributed by atoms with Crippen LogP contribution in [0.15, 0.2) is 42.5 Å². The maximum atomic E-state index is 14.6. The van der Waals surface area contributed by atoms with Crippen molar-refractivity contribution in [3.8, 4) is 0 Å². The lowest BCUT2D eigenvalue weighted by Gasteiger charge is -2.42. The Balaban J connectivity index is 1.73. The van der Waals surface area contributed by atoms with Crippen molar-refractivity contribution < 1.29 is 29.0 Å². The summed E-state index contributed by atoms with van der Waals surface area (Å²) in [5, 5.41) is 10.9. The third-order valence-electron chi connectivity index (χ3n) is 8.94. The summed E-state index contributed by atoms with van der Waals surface area (Å²) in [6.07, 6.45) is 8.29. The van der Waals surface area contributed by atoms with Crippen LogP contribution < -0.4 is 4.90 Å². The van der Waals surface area contributed by atoms with E-state index in [4.69, 9.17) is 21.1 Å². The molecule has 2 amide bonds. The largest absolute Gasteiger partial charge is 0.461 e. The number of aryl methyl sites for hydroxylation is 1. The summed E-state index contributed by atoms with van der Waals surface area (Å²) in [6, 6.07) is 3.70. The minimum atomic E-state index is -1.42. The fourth-order valence-electron chi connectivity index (χ4n) is 6.87. The number of aliphatic hydroxyl groups is 1. The van der Waals surface area contributed by atoms with Gasteiger partial charge in [0.25, 0.3) is 5.91 Å². The van der Waals surface area contributed by atoms with Crippen LogP contribution in [0.4, 0.5) is 5.69 Å². The molecule has 4 aliphatic rings. The molecule has 0 aliphatic carbocycles. The van der Waals surface area contributed by atoms with E-state index in [0.717, 1.165) is 5.56 Å². The van der Waals surface area contributed by atoms with Gasteiger partial charge < -0.3 is 24.4 Å². The maximum absolute atomic E-state index is 14.6. The first kappa shape index (κ1) is 26.9. The number of benzene rings is 1. The number of hydrogen-bond donors (Lipinski definition) is 1. The summed E-state index contributed by atoms with van der Waals surface area (Å²) >= 11 is 6.60. The molecule has 0 bridgehead atoms. The van der Waals surface area contributed by atoms with Gasteiger partial charge in [-0.2, -0.15) is 0 Å². The molecule has 2 fully saturated rings. The fraction of sp³-hybridized carbons (Fsp3) is 0.552. The zero-order valence-corrected chi connectivity index (χ0v) is 23.0. The number of fused-ring (bicyclic) bond motifs is 2. The van der Waals surface area contributed by atoms with Crippen molar-refractivity contribution >= 4 is 35.1 Å². The molecular formula is C29H35ClN2O6. The lowest BCUT2D eigenvalue weighted by atomic mass is 9.73. The molecule has 4 heterocycles. The van der Waals surface area contributed by atoms with Gasteiger partial charge in [-0.25, -0.2) is 0 Å². The first-order valence-electron chi connectivity index (χ1n) is 13.4. The van der Waals surface area contributed by atoms with E-state index in [0.29, 0.717) is 23.6 Å². The number of amides is 2. The minimum absolute atomic E-state index is 0.0992. The normalized spacial score (nSPS) is 33.8. The minimum Gasteiger partial charge on any atom is -0.461 e. The number of esters is 1. The van der Waals surface area contributed by atoms with Gasteiger partial charge in [-0.3, -0.25) is 14.4 Å². The second-order valence-electron chi connectivity index (χ2n) is 10.8. The van der Waals surface area contributed by atoms with Gasteiger partial charge in [0.2, 0.25) is 5.91 Å². The number of rotatable bonds is 6. The smallest absolute Gasteiger partial charge is 0.313 e. The van der Waals surface area contributed by atoms with Crippen molar-refractivity contribution in [3.05, 3.63) is 53.1 Å². The van der Waals surface area contributed by atoms with Crippen LogP contribution >= 0.6 is 11.6 Å². The third-order valence-corrected chi connectivity index (χ3v) is 9.24. The number of carbonyl (C=O) groups excluding carboxylic acids is 3. The van der Waals surface area contributed by atoms with Gasteiger partial charge in [0.1, 0.15) is 29.8 Å². The number of ether oxygens (including phenoxy) is 2. The Labute approximate surface area is 228 Å². The summed E-state index contributed by atoms with van der Waals surface area (Å²) in [5.74, 6) is -3.25. The Kier molecular flexibility index (Phi) is 6.95. The highest BCUT2D eigenvalue weighted by atomic mass is 35.5. The molecular weight excluding hydrogens is 508 g/mol. The van der Waals surface area contributed by atoms with Crippen molar-refractivity contribution in [1.82, 2.24) is 4.90 Å². The molecule has 1 aromatic rings. The summed E-state index contributed by atoms with van der Waals surface area (Å²) in [6.45, 7) is 7.70. The molecule has 0 aromatic heterocycles. The van der Waals surface area contributed by atoms with Gasteiger partial charge in [0, 0.05) is 6.54 Å². The lowest BCUT2D eigenvalue weighted by Crippen LogP contribution is -2.60. The molecule has 0 saturated carbocycles. The predicted octanol–water partition coefficient (Wildman–Crippen LogP) is 3.43. The van der Waals surface area contributed by atoms with Crippen LogP contribution in [0, 0.1) is 24.7 Å². The molecule has 9 heteroatoms. The number of carbonyl (C=O) groups is 3. The van der Waals surface area contributed by atoms with Crippen LogP contribution in [0.1, 0.15) is 39.2 Å². The zero-order chi connectivity index (χ0) is 27.4. The molecule has 1 unspecified atom stereocenters. The Hall–Kier alpha value is -2.68.